The Bertz CT molecular complexity index is 572. The number of aromatic nitrogens is 2. The van der Waals surface area contributed by atoms with E-state index in [0.717, 1.165) is 24.2 Å². The van der Waals surface area contributed by atoms with Crippen molar-refractivity contribution >= 4 is 10.0 Å². The Morgan fingerprint density at radius 1 is 1.33 bits per heavy atom. The second-order valence-corrected chi connectivity index (χ2v) is 7.94. The lowest BCUT2D eigenvalue weighted by atomic mass is 10.0. The highest BCUT2D eigenvalue weighted by molar-refractivity contribution is 7.89. The SMILES string of the molecule is CCCNCc1c(S(=O)(=O)N2CC(C)C(C)C2)n[nH]c1C. The van der Waals surface area contributed by atoms with E-state index in [-0.39, 0.29) is 5.03 Å². The van der Waals surface area contributed by atoms with Gasteiger partial charge in [0.05, 0.1) is 0 Å². The number of H-pyrrole nitrogens is 1. The van der Waals surface area contributed by atoms with Crippen LogP contribution < -0.4 is 5.32 Å². The van der Waals surface area contributed by atoms with E-state index in [1.54, 1.807) is 4.31 Å². The van der Waals surface area contributed by atoms with Crippen LogP contribution in [0.15, 0.2) is 5.03 Å². The largest absolute Gasteiger partial charge is 0.313 e. The van der Waals surface area contributed by atoms with Gasteiger partial charge in [0.2, 0.25) is 0 Å². The summed E-state index contributed by atoms with van der Waals surface area (Å²) >= 11 is 0. The second kappa shape index (κ2) is 6.46. The predicted octanol–water partition coefficient (Wildman–Crippen LogP) is 1.49. The number of sulfonamides is 1. The molecule has 120 valence electrons. The van der Waals surface area contributed by atoms with Gasteiger partial charge in [0.15, 0.2) is 5.03 Å². The van der Waals surface area contributed by atoms with Crippen LogP contribution in [-0.4, -0.2) is 42.6 Å². The first-order chi connectivity index (χ1) is 9.87. The van der Waals surface area contributed by atoms with E-state index in [1.807, 2.05) is 6.92 Å². The molecule has 7 heteroatoms. The van der Waals surface area contributed by atoms with Crippen molar-refractivity contribution in [2.45, 2.75) is 45.7 Å². The molecule has 1 fully saturated rings. The normalized spacial score (nSPS) is 23.8. The zero-order valence-corrected chi connectivity index (χ0v) is 14.1. The van der Waals surface area contributed by atoms with Gasteiger partial charge in [0, 0.05) is 30.9 Å². The van der Waals surface area contributed by atoms with Gasteiger partial charge < -0.3 is 5.32 Å². The second-order valence-electron chi connectivity index (χ2n) is 6.09. The number of hydrogen-bond donors (Lipinski definition) is 2. The number of hydrogen-bond acceptors (Lipinski definition) is 4. The molecule has 0 spiro atoms. The Labute approximate surface area is 127 Å². The molecule has 0 aromatic carbocycles. The van der Waals surface area contributed by atoms with Crippen LogP contribution in [0.2, 0.25) is 0 Å². The molecule has 2 heterocycles. The summed E-state index contributed by atoms with van der Waals surface area (Å²) in [6, 6.07) is 0. The molecule has 21 heavy (non-hydrogen) atoms. The summed E-state index contributed by atoms with van der Waals surface area (Å²) in [6.45, 7) is 10.7. The molecule has 2 atom stereocenters. The number of nitrogens with one attached hydrogen (secondary N) is 2. The van der Waals surface area contributed by atoms with Crippen LogP contribution >= 0.6 is 0 Å². The van der Waals surface area contributed by atoms with Crippen molar-refractivity contribution in [2.24, 2.45) is 11.8 Å². The van der Waals surface area contributed by atoms with E-state index in [0.29, 0.717) is 31.5 Å². The summed E-state index contributed by atoms with van der Waals surface area (Å²) in [6.07, 6.45) is 1.01. The first-order valence-corrected chi connectivity index (χ1v) is 9.06. The molecule has 2 unspecified atom stereocenters. The summed E-state index contributed by atoms with van der Waals surface area (Å²) in [5.74, 6) is 0.781. The van der Waals surface area contributed by atoms with Gasteiger partial charge >= 0.3 is 0 Å². The van der Waals surface area contributed by atoms with E-state index < -0.39 is 10.0 Å². The van der Waals surface area contributed by atoms with Gasteiger partial charge in [-0.05, 0) is 31.7 Å². The maximum absolute atomic E-state index is 12.8. The molecule has 1 aliphatic rings. The zero-order chi connectivity index (χ0) is 15.6. The maximum Gasteiger partial charge on any atom is 0.262 e. The smallest absolute Gasteiger partial charge is 0.262 e. The van der Waals surface area contributed by atoms with E-state index in [1.165, 1.54) is 0 Å². The number of rotatable bonds is 6. The Morgan fingerprint density at radius 2 is 1.95 bits per heavy atom. The minimum absolute atomic E-state index is 0.185. The summed E-state index contributed by atoms with van der Waals surface area (Å²) in [5.41, 5.74) is 1.58. The Hall–Kier alpha value is -0.920. The monoisotopic (exact) mass is 314 g/mol. The molecule has 1 aliphatic heterocycles. The van der Waals surface area contributed by atoms with Crippen molar-refractivity contribution in [1.29, 1.82) is 0 Å². The van der Waals surface area contributed by atoms with Crippen molar-refractivity contribution in [3.63, 3.8) is 0 Å². The van der Waals surface area contributed by atoms with Crippen LogP contribution in [-0.2, 0) is 16.6 Å². The van der Waals surface area contributed by atoms with Gasteiger partial charge in [-0.3, -0.25) is 5.10 Å². The third-order valence-corrected chi connectivity index (χ3v) is 6.11. The first-order valence-electron chi connectivity index (χ1n) is 7.62. The van der Waals surface area contributed by atoms with E-state index >= 15 is 0 Å². The highest BCUT2D eigenvalue weighted by Gasteiger charge is 2.37. The van der Waals surface area contributed by atoms with Gasteiger partial charge in [0.1, 0.15) is 0 Å². The minimum Gasteiger partial charge on any atom is -0.313 e. The summed E-state index contributed by atoms with van der Waals surface area (Å²) < 4.78 is 27.2. The molecule has 0 saturated carbocycles. The average Bonchev–Trinajstić information content (AvgIpc) is 2.95. The fraction of sp³-hybridized carbons (Fsp3) is 0.786. The number of aromatic amines is 1. The zero-order valence-electron chi connectivity index (χ0n) is 13.3. The molecule has 2 rings (SSSR count). The lowest BCUT2D eigenvalue weighted by molar-refractivity contribution is 0.459. The van der Waals surface area contributed by atoms with Crippen LogP contribution in [0, 0.1) is 18.8 Å². The van der Waals surface area contributed by atoms with Gasteiger partial charge in [-0.15, -0.1) is 0 Å². The van der Waals surface area contributed by atoms with Crippen LogP contribution in [0.3, 0.4) is 0 Å². The van der Waals surface area contributed by atoms with Crippen molar-refractivity contribution in [3.05, 3.63) is 11.3 Å². The summed E-state index contributed by atoms with van der Waals surface area (Å²) in [7, 11) is -3.50. The maximum atomic E-state index is 12.8. The van der Waals surface area contributed by atoms with Gasteiger partial charge in [-0.1, -0.05) is 20.8 Å². The third kappa shape index (κ3) is 3.30. The highest BCUT2D eigenvalue weighted by Crippen LogP contribution is 2.29. The molecule has 0 amide bonds. The Morgan fingerprint density at radius 3 is 2.52 bits per heavy atom. The molecule has 0 radical (unpaired) electrons. The van der Waals surface area contributed by atoms with Crippen molar-refractivity contribution in [2.75, 3.05) is 19.6 Å². The third-order valence-electron chi connectivity index (χ3n) is 4.30. The Balaban J connectivity index is 2.24. The average molecular weight is 314 g/mol. The molecule has 0 bridgehead atoms. The van der Waals surface area contributed by atoms with E-state index in [2.05, 4.69) is 36.3 Å². The van der Waals surface area contributed by atoms with E-state index in [4.69, 9.17) is 0 Å². The first kappa shape index (κ1) is 16.5. The summed E-state index contributed by atoms with van der Waals surface area (Å²) in [4.78, 5) is 0. The van der Waals surface area contributed by atoms with Crippen LogP contribution in [0.25, 0.3) is 0 Å². The number of aryl methyl sites for hydroxylation is 1. The molecule has 6 nitrogen and oxygen atoms in total. The van der Waals surface area contributed by atoms with Gasteiger partial charge in [0.25, 0.3) is 10.0 Å². The topological polar surface area (TPSA) is 78.1 Å². The molecular formula is C14H26N4O2S. The quantitative estimate of drug-likeness (QED) is 0.780. The lowest BCUT2D eigenvalue weighted by Gasteiger charge is -2.15. The predicted molar refractivity (Wildman–Crippen MR) is 82.4 cm³/mol. The fourth-order valence-electron chi connectivity index (χ4n) is 2.64. The minimum atomic E-state index is -3.50. The molecule has 1 saturated heterocycles. The van der Waals surface area contributed by atoms with Gasteiger partial charge in [-0.2, -0.15) is 9.40 Å². The Kier molecular flexibility index (Phi) is 5.06. The summed E-state index contributed by atoms with van der Waals surface area (Å²) in [5, 5.41) is 10.3. The van der Waals surface area contributed by atoms with Crippen molar-refractivity contribution < 1.29 is 8.42 Å². The van der Waals surface area contributed by atoms with Crippen LogP contribution in [0.1, 0.15) is 38.4 Å². The number of nitrogens with zero attached hydrogens (tertiary/aromatic N) is 2. The molecule has 1 aromatic heterocycles. The van der Waals surface area contributed by atoms with E-state index in [9.17, 15) is 8.42 Å². The standard InChI is InChI=1S/C14H26N4O2S/c1-5-6-15-7-13-12(4)16-17-14(13)21(19,20)18-8-10(2)11(3)9-18/h10-11,15H,5-9H2,1-4H3,(H,16,17). The van der Waals surface area contributed by atoms with Crippen molar-refractivity contribution in [1.82, 2.24) is 19.8 Å². The lowest BCUT2D eigenvalue weighted by Crippen LogP contribution is -2.30. The molecule has 2 N–H and O–H groups in total. The molecular weight excluding hydrogens is 288 g/mol. The van der Waals surface area contributed by atoms with Gasteiger partial charge in [-0.25, -0.2) is 8.42 Å². The molecule has 0 aliphatic carbocycles. The fourth-order valence-corrected chi connectivity index (χ4v) is 4.44. The molecule has 1 aromatic rings. The highest BCUT2D eigenvalue weighted by atomic mass is 32.2. The van der Waals surface area contributed by atoms with Crippen LogP contribution in [0.4, 0.5) is 0 Å². The van der Waals surface area contributed by atoms with Crippen LogP contribution in [0.5, 0.6) is 0 Å². The van der Waals surface area contributed by atoms with Crippen molar-refractivity contribution in [3.8, 4) is 0 Å².